The molecule has 86 valence electrons. The number of carbonyl (C=O) groups is 2. The molecule has 1 aliphatic rings. The van der Waals surface area contributed by atoms with Gasteiger partial charge in [0.2, 0.25) is 0 Å². The third-order valence-corrected chi connectivity index (χ3v) is 3.34. The molecule has 0 amide bonds. The van der Waals surface area contributed by atoms with Gasteiger partial charge in [-0.3, -0.25) is 9.59 Å². The standard InChI is InChI=1S/C12H20O3/c1-3-7-12(9-11(14)15-2)8-5-4-6-10(12)13/h3-9H2,1-2H3. The van der Waals surface area contributed by atoms with E-state index in [1.807, 2.05) is 0 Å². The molecule has 0 N–H and O–H groups in total. The fourth-order valence-electron chi connectivity index (χ4n) is 2.52. The van der Waals surface area contributed by atoms with Crippen LogP contribution in [-0.4, -0.2) is 18.9 Å². The summed E-state index contributed by atoms with van der Waals surface area (Å²) < 4.78 is 4.68. The van der Waals surface area contributed by atoms with Gasteiger partial charge in [-0.15, -0.1) is 0 Å². The molecule has 1 unspecified atom stereocenters. The van der Waals surface area contributed by atoms with Crippen LogP contribution in [0.15, 0.2) is 0 Å². The van der Waals surface area contributed by atoms with E-state index < -0.39 is 5.41 Å². The molecular formula is C12H20O3. The Hall–Kier alpha value is -0.860. The third-order valence-electron chi connectivity index (χ3n) is 3.34. The van der Waals surface area contributed by atoms with Crippen molar-refractivity contribution in [3.05, 3.63) is 0 Å². The van der Waals surface area contributed by atoms with Gasteiger partial charge in [0.25, 0.3) is 0 Å². The van der Waals surface area contributed by atoms with Gasteiger partial charge >= 0.3 is 5.97 Å². The van der Waals surface area contributed by atoms with Crippen LogP contribution >= 0.6 is 0 Å². The average molecular weight is 212 g/mol. The number of rotatable bonds is 4. The van der Waals surface area contributed by atoms with Crippen LogP contribution in [0.4, 0.5) is 0 Å². The number of methoxy groups -OCH3 is 1. The predicted octanol–water partition coefficient (Wildman–Crippen LogP) is 2.48. The van der Waals surface area contributed by atoms with Crippen molar-refractivity contribution in [1.82, 2.24) is 0 Å². The first-order valence-corrected chi connectivity index (χ1v) is 5.75. The van der Waals surface area contributed by atoms with Crippen LogP contribution in [0.5, 0.6) is 0 Å². The Kier molecular flexibility index (Phi) is 4.30. The largest absolute Gasteiger partial charge is 0.469 e. The van der Waals surface area contributed by atoms with Crippen molar-refractivity contribution in [2.45, 2.75) is 51.9 Å². The molecule has 1 fully saturated rings. The zero-order valence-electron chi connectivity index (χ0n) is 9.67. The van der Waals surface area contributed by atoms with Crippen LogP contribution < -0.4 is 0 Å². The molecule has 0 aromatic heterocycles. The van der Waals surface area contributed by atoms with Gasteiger partial charge in [-0.25, -0.2) is 0 Å². The van der Waals surface area contributed by atoms with E-state index in [0.717, 1.165) is 32.1 Å². The van der Waals surface area contributed by atoms with Crippen LogP contribution in [0, 0.1) is 5.41 Å². The lowest BCUT2D eigenvalue weighted by molar-refractivity contribution is -0.149. The van der Waals surface area contributed by atoms with E-state index in [1.165, 1.54) is 7.11 Å². The van der Waals surface area contributed by atoms with Crippen molar-refractivity contribution in [2.24, 2.45) is 5.41 Å². The molecule has 1 aliphatic carbocycles. The van der Waals surface area contributed by atoms with E-state index in [4.69, 9.17) is 0 Å². The summed E-state index contributed by atoms with van der Waals surface area (Å²) in [4.78, 5) is 23.3. The second-order valence-electron chi connectivity index (χ2n) is 4.41. The number of Topliss-reactive ketones (excluding diaryl/α,β-unsaturated/α-hetero) is 1. The Morgan fingerprint density at radius 1 is 1.47 bits per heavy atom. The smallest absolute Gasteiger partial charge is 0.306 e. The second kappa shape index (κ2) is 5.29. The van der Waals surface area contributed by atoms with Gasteiger partial charge in [-0.1, -0.05) is 19.8 Å². The molecular weight excluding hydrogens is 192 g/mol. The van der Waals surface area contributed by atoms with E-state index in [1.54, 1.807) is 0 Å². The van der Waals surface area contributed by atoms with Crippen molar-refractivity contribution in [1.29, 1.82) is 0 Å². The third kappa shape index (κ3) is 2.80. The number of ether oxygens (including phenoxy) is 1. The van der Waals surface area contributed by atoms with Crippen LogP contribution in [0.2, 0.25) is 0 Å². The lowest BCUT2D eigenvalue weighted by Crippen LogP contribution is -2.36. The summed E-state index contributed by atoms with van der Waals surface area (Å²) in [6.07, 6.45) is 5.57. The maximum Gasteiger partial charge on any atom is 0.306 e. The first kappa shape index (κ1) is 12.2. The molecule has 0 spiro atoms. The average Bonchev–Trinajstić information content (AvgIpc) is 2.23. The molecule has 3 heteroatoms. The summed E-state index contributed by atoms with van der Waals surface area (Å²) in [6.45, 7) is 2.06. The van der Waals surface area contributed by atoms with Crippen LogP contribution in [-0.2, 0) is 14.3 Å². The Balaban J connectivity index is 2.75. The van der Waals surface area contributed by atoms with Gasteiger partial charge in [-0.05, 0) is 19.3 Å². The van der Waals surface area contributed by atoms with Gasteiger partial charge in [0.05, 0.1) is 13.5 Å². The van der Waals surface area contributed by atoms with Crippen LogP contribution in [0.1, 0.15) is 51.9 Å². The highest BCUT2D eigenvalue weighted by Crippen LogP contribution is 2.40. The summed E-state index contributed by atoms with van der Waals surface area (Å²) in [5, 5.41) is 0. The van der Waals surface area contributed by atoms with Gasteiger partial charge in [0.1, 0.15) is 5.78 Å². The van der Waals surface area contributed by atoms with Gasteiger partial charge in [0, 0.05) is 11.8 Å². The fourth-order valence-corrected chi connectivity index (χ4v) is 2.52. The Morgan fingerprint density at radius 2 is 2.20 bits per heavy atom. The van der Waals surface area contributed by atoms with Crippen LogP contribution in [0.3, 0.4) is 0 Å². The minimum atomic E-state index is -0.403. The lowest BCUT2D eigenvalue weighted by atomic mass is 9.68. The number of esters is 1. The Morgan fingerprint density at radius 3 is 2.73 bits per heavy atom. The van der Waals surface area contributed by atoms with Crippen molar-refractivity contribution in [3.8, 4) is 0 Å². The van der Waals surface area contributed by atoms with E-state index in [2.05, 4.69) is 11.7 Å². The number of carbonyl (C=O) groups excluding carboxylic acids is 2. The molecule has 0 aromatic rings. The number of ketones is 1. The van der Waals surface area contributed by atoms with Crippen LogP contribution in [0.25, 0.3) is 0 Å². The van der Waals surface area contributed by atoms with E-state index >= 15 is 0 Å². The maximum atomic E-state index is 11.9. The molecule has 1 atom stereocenters. The molecule has 1 saturated carbocycles. The van der Waals surface area contributed by atoms with Gasteiger partial charge in [0.15, 0.2) is 0 Å². The maximum absolute atomic E-state index is 11.9. The highest BCUT2D eigenvalue weighted by Gasteiger charge is 2.40. The minimum Gasteiger partial charge on any atom is -0.469 e. The molecule has 0 radical (unpaired) electrons. The summed E-state index contributed by atoms with van der Waals surface area (Å²) in [7, 11) is 1.38. The van der Waals surface area contributed by atoms with Crippen molar-refractivity contribution in [2.75, 3.05) is 7.11 Å². The summed E-state index contributed by atoms with van der Waals surface area (Å²) in [5.74, 6) is 0.0136. The van der Waals surface area contributed by atoms with Crippen molar-refractivity contribution < 1.29 is 14.3 Å². The number of hydrogen-bond donors (Lipinski definition) is 0. The molecule has 0 aromatic carbocycles. The quantitative estimate of drug-likeness (QED) is 0.672. The Bertz CT molecular complexity index is 243. The fraction of sp³-hybridized carbons (Fsp3) is 0.833. The first-order valence-electron chi connectivity index (χ1n) is 5.75. The SMILES string of the molecule is CCCC1(CC(=O)OC)CCCCC1=O. The first-order chi connectivity index (χ1) is 7.14. The van der Waals surface area contributed by atoms with Crippen molar-refractivity contribution >= 4 is 11.8 Å². The molecule has 3 nitrogen and oxygen atoms in total. The lowest BCUT2D eigenvalue weighted by Gasteiger charge is -2.34. The van der Waals surface area contributed by atoms with Gasteiger partial charge in [-0.2, -0.15) is 0 Å². The van der Waals surface area contributed by atoms with Gasteiger partial charge < -0.3 is 4.74 Å². The highest BCUT2D eigenvalue weighted by molar-refractivity contribution is 5.89. The Labute approximate surface area is 91.2 Å². The van der Waals surface area contributed by atoms with E-state index in [0.29, 0.717) is 6.42 Å². The molecule has 0 bridgehead atoms. The zero-order chi connectivity index (χ0) is 11.3. The molecule has 0 heterocycles. The van der Waals surface area contributed by atoms with E-state index in [9.17, 15) is 9.59 Å². The summed E-state index contributed by atoms with van der Waals surface area (Å²) >= 11 is 0. The monoisotopic (exact) mass is 212 g/mol. The second-order valence-corrected chi connectivity index (χ2v) is 4.41. The molecule has 0 saturated heterocycles. The predicted molar refractivity (Wildman–Crippen MR) is 57.4 cm³/mol. The summed E-state index contributed by atoms with van der Waals surface area (Å²) in [5.41, 5.74) is -0.403. The summed E-state index contributed by atoms with van der Waals surface area (Å²) in [6, 6.07) is 0. The normalized spacial score (nSPS) is 26.4. The van der Waals surface area contributed by atoms with Crippen molar-refractivity contribution in [3.63, 3.8) is 0 Å². The zero-order valence-corrected chi connectivity index (χ0v) is 9.67. The minimum absolute atomic E-state index is 0.251. The molecule has 0 aliphatic heterocycles. The van der Waals surface area contributed by atoms with E-state index in [-0.39, 0.29) is 18.2 Å². The molecule has 1 rings (SSSR count). The topological polar surface area (TPSA) is 43.4 Å². The molecule has 15 heavy (non-hydrogen) atoms. The highest BCUT2D eigenvalue weighted by atomic mass is 16.5. The number of hydrogen-bond acceptors (Lipinski definition) is 3.